The summed E-state index contributed by atoms with van der Waals surface area (Å²) >= 11 is 5.98. The lowest BCUT2D eigenvalue weighted by Gasteiger charge is -2.13. The van der Waals surface area contributed by atoms with Crippen molar-refractivity contribution in [3.8, 4) is 11.3 Å². The van der Waals surface area contributed by atoms with Gasteiger partial charge in [-0.3, -0.25) is 4.79 Å². The molecule has 0 unspecified atom stereocenters. The number of nitrogens with zero attached hydrogens (tertiary/aromatic N) is 1. The summed E-state index contributed by atoms with van der Waals surface area (Å²) in [6.45, 7) is -0.289. The lowest BCUT2D eigenvalue weighted by Crippen LogP contribution is -2.35. The number of hydrogen-bond donors (Lipinski definition) is 1. The Bertz CT molecular complexity index is 1040. The number of nitrogens with one attached hydrogen (secondary N) is 1. The number of pyridine rings is 1. The van der Waals surface area contributed by atoms with E-state index in [1.807, 2.05) is 36.4 Å². The van der Waals surface area contributed by atoms with Crippen LogP contribution in [-0.4, -0.2) is 29.5 Å². The Morgan fingerprint density at radius 3 is 2.55 bits per heavy atom. The quantitative estimate of drug-likeness (QED) is 0.617. The zero-order valence-electron chi connectivity index (χ0n) is 15.9. The van der Waals surface area contributed by atoms with Crippen molar-refractivity contribution in [2.45, 2.75) is 31.7 Å². The van der Waals surface area contributed by atoms with Gasteiger partial charge in [0.25, 0.3) is 5.91 Å². The van der Waals surface area contributed by atoms with Gasteiger partial charge in [-0.25, -0.2) is 9.78 Å². The molecule has 0 saturated heterocycles. The summed E-state index contributed by atoms with van der Waals surface area (Å²) < 4.78 is 5.32. The summed E-state index contributed by atoms with van der Waals surface area (Å²) in [5.41, 5.74) is 2.55. The van der Waals surface area contributed by atoms with Gasteiger partial charge in [-0.15, -0.1) is 0 Å². The van der Waals surface area contributed by atoms with E-state index in [9.17, 15) is 9.59 Å². The molecule has 0 aliphatic heterocycles. The third-order valence-corrected chi connectivity index (χ3v) is 5.38. The smallest absolute Gasteiger partial charge is 0.339 e. The van der Waals surface area contributed by atoms with Crippen LogP contribution in [0.2, 0.25) is 5.02 Å². The third-order valence-electron chi connectivity index (χ3n) is 5.13. The number of para-hydroxylation sites is 1. The standard InChI is InChI=1S/C23H21ClN2O3/c24-16-11-9-15(10-12-16)21-13-19(18-7-3-4-8-20(18)26-21)23(28)29-14-22(27)25-17-5-1-2-6-17/h3-4,7-13,17H,1-2,5-6,14H2,(H,25,27). The number of benzene rings is 2. The van der Waals surface area contributed by atoms with Crippen LogP contribution in [0.4, 0.5) is 0 Å². The molecule has 1 aliphatic rings. The highest BCUT2D eigenvalue weighted by Gasteiger charge is 2.19. The van der Waals surface area contributed by atoms with Crippen LogP contribution < -0.4 is 5.32 Å². The molecule has 0 bridgehead atoms. The summed E-state index contributed by atoms with van der Waals surface area (Å²) in [5.74, 6) is -0.804. The number of aromatic nitrogens is 1. The highest BCUT2D eigenvalue weighted by Crippen LogP contribution is 2.26. The van der Waals surface area contributed by atoms with Gasteiger partial charge in [0.05, 0.1) is 16.8 Å². The maximum atomic E-state index is 12.8. The van der Waals surface area contributed by atoms with Crippen LogP contribution in [0.1, 0.15) is 36.0 Å². The van der Waals surface area contributed by atoms with Gasteiger partial charge < -0.3 is 10.1 Å². The van der Waals surface area contributed by atoms with Crippen molar-refractivity contribution >= 4 is 34.4 Å². The molecule has 1 fully saturated rings. The first-order valence-corrected chi connectivity index (χ1v) is 10.1. The molecular formula is C23H21ClN2O3. The molecule has 5 nitrogen and oxygen atoms in total. The largest absolute Gasteiger partial charge is 0.452 e. The molecule has 4 rings (SSSR count). The lowest BCUT2D eigenvalue weighted by molar-refractivity contribution is -0.124. The number of hydrogen-bond acceptors (Lipinski definition) is 4. The number of carbonyl (C=O) groups excluding carboxylic acids is 2. The number of fused-ring (bicyclic) bond motifs is 1. The number of ether oxygens (including phenoxy) is 1. The average Bonchev–Trinajstić information content (AvgIpc) is 3.24. The Hall–Kier alpha value is -2.92. The van der Waals surface area contributed by atoms with Crippen LogP contribution in [0.25, 0.3) is 22.2 Å². The van der Waals surface area contributed by atoms with Gasteiger partial charge in [0, 0.05) is 22.0 Å². The number of halogens is 1. The molecule has 3 aromatic rings. The van der Waals surface area contributed by atoms with Crippen LogP contribution in [0.5, 0.6) is 0 Å². The van der Waals surface area contributed by atoms with Gasteiger partial charge in [0.2, 0.25) is 0 Å². The van der Waals surface area contributed by atoms with Crippen LogP contribution in [-0.2, 0) is 9.53 Å². The van der Waals surface area contributed by atoms with Gasteiger partial charge in [-0.1, -0.05) is 54.8 Å². The minimum absolute atomic E-state index is 0.194. The Kier molecular flexibility index (Phi) is 5.76. The average molecular weight is 409 g/mol. The van der Waals surface area contributed by atoms with E-state index in [2.05, 4.69) is 10.3 Å². The van der Waals surface area contributed by atoms with Crippen LogP contribution in [0.3, 0.4) is 0 Å². The second-order valence-electron chi connectivity index (χ2n) is 7.20. The molecule has 1 heterocycles. The molecule has 6 heteroatoms. The first-order valence-electron chi connectivity index (χ1n) is 9.72. The maximum absolute atomic E-state index is 12.8. The highest BCUT2D eigenvalue weighted by molar-refractivity contribution is 6.30. The summed E-state index contributed by atoms with van der Waals surface area (Å²) in [5, 5.41) is 4.24. The first-order chi connectivity index (χ1) is 14.1. The minimum Gasteiger partial charge on any atom is -0.452 e. The van der Waals surface area contributed by atoms with Crippen molar-refractivity contribution in [1.29, 1.82) is 0 Å². The molecule has 148 valence electrons. The molecule has 1 amide bonds. The Morgan fingerprint density at radius 1 is 1.07 bits per heavy atom. The molecule has 29 heavy (non-hydrogen) atoms. The molecule has 1 aliphatic carbocycles. The fourth-order valence-electron chi connectivity index (χ4n) is 3.66. The maximum Gasteiger partial charge on any atom is 0.339 e. The van der Waals surface area contributed by atoms with Gasteiger partial charge in [0.15, 0.2) is 6.61 Å². The molecule has 0 radical (unpaired) electrons. The fourth-order valence-corrected chi connectivity index (χ4v) is 3.79. The van der Waals surface area contributed by atoms with Gasteiger partial charge in [0.1, 0.15) is 0 Å². The van der Waals surface area contributed by atoms with Gasteiger partial charge >= 0.3 is 5.97 Å². The first kappa shape index (κ1) is 19.4. The summed E-state index contributed by atoms with van der Waals surface area (Å²) in [6, 6.07) is 16.5. The topological polar surface area (TPSA) is 68.3 Å². The Morgan fingerprint density at radius 2 is 1.79 bits per heavy atom. The summed E-state index contributed by atoms with van der Waals surface area (Å²) in [4.78, 5) is 29.5. The molecule has 1 aromatic heterocycles. The van der Waals surface area contributed by atoms with Crippen molar-refractivity contribution < 1.29 is 14.3 Å². The van der Waals surface area contributed by atoms with Crippen LogP contribution in [0, 0.1) is 0 Å². The monoisotopic (exact) mass is 408 g/mol. The van der Waals surface area contributed by atoms with Crippen molar-refractivity contribution in [1.82, 2.24) is 10.3 Å². The van der Waals surface area contributed by atoms with E-state index in [1.165, 1.54) is 0 Å². The summed E-state index contributed by atoms with van der Waals surface area (Å²) in [7, 11) is 0. The van der Waals surface area contributed by atoms with E-state index < -0.39 is 5.97 Å². The minimum atomic E-state index is -0.541. The number of amides is 1. The van der Waals surface area contributed by atoms with E-state index in [0.717, 1.165) is 31.2 Å². The Balaban J connectivity index is 1.57. The van der Waals surface area contributed by atoms with E-state index in [-0.39, 0.29) is 18.6 Å². The van der Waals surface area contributed by atoms with Crippen molar-refractivity contribution in [3.63, 3.8) is 0 Å². The molecule has 1 saturated carbocycles. The Labute approximate surface area is 174 Å². The second-order valence-corrected chi connectivity index (χ2v) is 7.64. The van der Waals surface area contributed by atoms with Crippen molar-refractivity contribution in [2.75, 3.05) is 6.61 Å². The number of rotatable bonds is 5. The van der Waals surface area contributed by atoms with Gasteiger partial charge in [-0.05, 0) is 37.1 Å². The third kappa shape index (κ3) is 4.57. The second kappa shape index (κ2) is 8.62. The zero-order valence-corrected chi connectivity index (χ0v) is 16.6. The summed E-state index contributed by atoms with van der Waals surface area (Å²) in [6.07, 6.45) is 4.22. The fraction of sp³-hybridized carbons (Fsp3) is 0.261. The van der Waals surface area contributed by atoms with Crippen molar-refractivity contribution in [2.24, 2.45) is 0 Å². The van der Waals surface area contributed by atoms with Gasteiger partial charge in [-0.2, -0.15) is 0 Å². The highest BCUT2D eigenvalue weighted by atomic mass is 35.5. The predicted octanol–water partition coefficient (Wildman–Crippen LogP) is 4.77. The predicted molar refractivity (Wildman–Crippen MR) is 113 cm³/mol. The van der Waals surface area contributed by atoms with E-state index >= 15 is 0 Å². The SMILES string of the molecule is O=C(COC(=O)c1cc(-c2ccc(Cl)cc2)nc2ccccc12)NC1CCCC1. The molecule has 1 N–H and O–H groups in total. The van der Waals surface area contributed by atoms with Crippen LogP contribution >= 0.6 is 11.6 Å². The molecule has 0 spiro atoms. The van der Waals surface area contributed by atoms with E-state index in [4.69, 9.17) is 16.3 Å². The number of carbonyl (C=O) groups is 2. The zero-order chi connectivity index (χ0) is 20.2. The number of esters is 1. The normalized spacial score (nSPS) is 14.1. The molecule has 0 atom stereocenters. The van der Waals surface area contributed by atoms with E-state index in [1.54, 1.807) is 18.2 Å². The molecule has 2 aromatic carbocycles. The van der Waals surface area contributed by atoms with E-state index in [0.29, 0.717) is 27.2 Å². The molecular weight excluding hydrogens is 388 g/mol. The van der Waals surface area contributed by atoms with Crippen molar-refractivity contribution in [3.05, 3.63) is 65.2 Å². The lowest BCUT2D eigenvalue weighted by atomic mass is 10.0. The van der Waals surface area contributed by atoms with Crippen LogP contribution in [0.15, 0.2) is 54.6 Å².